The quantitative estimate of drug-likeness (QED) is 0.854. The minimum absolute atomic E-state index is 0.00349. The van der Waals surface area contributed by atoms with E-state index in [1.807, 2.05) is 22.2 Å². The van der Waals surface area contributed by atoms with Gasteiger partial charge in [0.15, 0.2) is 4.96 Å². The van der Waals surface area contributed by atoms with Crippen molar-refractivity contribution in [2.45, 2.75) is 38.6 Å². The van der Waals surface area contributed by atoms with Gasteiger partial charge in [-0.25, -0.2) is 4.98 Å². The molecule has 2 heterocycles. The molecule has 0 spiro atoms. The summed E-state index contributed by atoms with van der Waals surface area (Å²) in [6, 6.07) is -0.00349. The van der Waals surface area contributed by atoms with E-state index in [1.165, 1.54) is 0 Å². The smallest absolute Gasteiger partial charge is 0.193 e. The topological polar surface area (TPSA) is 60.4 Å². The molecule has 0 amide bonds. The molecular formula is C12H17N3OS. The molecule has 0 fully saturated rings. The average Bonchev–Trinajstić information content (AvgIpc) is 2.77. The van der Waals surface area contributed by atoms with Gasteiger partial charge in [0.05, 0.1) is 12.1 Å². The lowest BCUT2D eigenvalue weighted by atomic mass is 10.0. The van der Waals surface area contributed by atoms with Crippen molar-refractivity contribution in [3.8, 4) is 0 Å². The number of carbonyl (C=O) groups excluding carboxylic acids is 1. The Morgan fingerprint density at radius 1 is 1.65 bits per heavy atom. The molecule has 2 aromatic rings. The monoisotopic (exact) mass is 251 g/mol. The second kappa shape index (κ2) is 5.42. The lowest BCUT2D eigenvalue weighted by molar-refractivity contribution is -0.118. The van der Waals surface area contributed by atoms with Gasteiger partial charge in [-0.3, -0.25) is 9.20 Å². The number of nitrogens with zero attached hydrogens (tertiary/aromatic N) is 2. The van der Waals surface area contributed by atoms with Crippen LogP contribution in [0, 0.1) is 0 Å². The van der Waals surface area contributed by atoms with Crippen LogP contribution in [-0.2, 0) is 11.2 Å². The van der Waals surface area contributed by atoms with Crippen molar-refractivity contribution in [2.75, 3.05) is 0 Å². The molecule has 0 aliphatic rings. The molecule has 5 heteroatoms. The summed E-state index contributed by atoms with van der Waals surface area (Å²) in [6.07, 6.45) is 6.64. The number of fused-ring (bicyclic) bond motifs is 1. The number of imidazole rings is 1. The highest BCUT2D eigenvalue weighted by Gasteiger charge is 2.12. The maximum atomic E-state index is 11.8. The van der Waals surface area contributed by atoms with Gasteiger partial charge < -0.3 is 5.73 Å². The van der Waals surface area contributed by atoms with Crippen LogP contribution in [0.4, 0.5) is 0 Å². The van der Waals surface area contributed by atoms with Gasteiger partial charge in [-0.1, -0.05) is 13.3 Å². The molecule has 0 radical (unpaired) electrons. The zero-order valence-electron chi connectivity index (χ0n) is 9.93. The molecule has 1 atom stereocenters. The minimum atomic E-state index is -0.00349. The van der Waals surface area contributed by atoms with Gasteiger partial charge in [-0.05, 0) is 6.42 Å². The highest BCUT2D eigenvalue weighted by atomic mass is 32.1. The fraction of sp³-hybridized carbons (Fsp3) is 0.500. The second-order valence-corrected chi connectivity index (χ2v) is 5.17. The molecule has 0 aliphatic carbocycles. The minimum Gasteiger partial charge on any atom is -0.327 e. The van der Waals surface area contributed by atoms with Gasteiger partial charge in [0.2, 0.25) is 0 Å². The summed E-state index contributed by atoms with van der Waals surface area (Å²) in [5.41, 5.74) is 6.69. The molecule has 0 aromatic carbocycles. The molecule has 1 unspecified atom stereocenters. The molecule has 2 rings (SSSR count). The molecule has 0 aliphatic heterocycles. The van der Waals surface area contributed by atoms with E-state index in [9.17, 15) is 4.79 Å². The highest BCUT2D eigenvalue weighted by molar-refractivity contribution is 7.15. The molecule has 0 saturated carbocycles. The van der Waals surface area contributed by atoms with Gasteiger partial charge in [-0.15, -0.1) is 11.3 Å². The summed E-state index contributed by atoms with van der Waals surface area (Å²) in [6.45, 7) is 2.08. The third-order valence-corrected chi connectivity index (χ3v) is 3.44. The lowest BCUT2D eigenvalue weighted by Crippen LogP contribution is -2.24. The van der Waals surface area contributed by atoms with Crippen molar-refractivity contribution in [1.29, 1.82) is 0 Å². The Labute approximate surface area is 104 Å². The summed E-state index contributed by atoms with van der Waals surface area (Å²) < 4.78 is 1.94. The molecule has 92 valence electrons. The van der Waals surface area contributed by atoms with Crippen molar-refractivity contribution < 1.29 is 4.79 Å². The van der Waals surface area contributed by atoms with E-state index < -0.39 is 0 Å². The third kappa shape index (κ3) is 3.14. The van der Waals surface area contributed by atoms with Crippen LogP contribution in [0.25, 0.3) is 4.96 Å². The first kappa shape index (κ1) is 12.3. The lowest BCUT2D eigenvalue weighted by Gasteiger charge is -2.07. The fourth-order valence-electron chi connectivity index (χ4n) is 1.90. The number of carbonyl (C=O) groups is 1. The predicted octanol–water partition coefficient (Wildman–Crippen LogP) is 2.02. The molecule has 2 N–H and O–H groups in total. The number of hydrogen-bond donors (Lipinski definition) is 1. The van der Waals surface area contributed by atoms with E-state index >= 15 is 0 Å². The van der Waals surface area contributed by atoms with Crippen LogP contribution in [0.5, 0.6) is 0 Å². The maximum absolute atomic E-state index is 11.8. The Balaban J connectivity index is 1.92. The number of ketones is 1. The van der Waals surface area contributed by atoms with Gasteiger partial charge >= 0.3 is 0 Å². The summed E-state index contributed by atoms with van der Waals surface area (Å²) in [7, 11) is 0. The molecule has 0 saturated heterocycles. The van der Waals surface area contributed by atoms with Crippen LogP contribution in [-0.4, -0.2) is 21.2 Å². The van der Waals surface area contributed by atoms with Gasteiger partial charge in [0.25, 0.3) is 0 Å². The van der Waals surface area contributed by atoms with Gasteiger partial charge in [0.1, 0.15) is 5.78 Å². The maximum Gasteiger partial charge on any atom is 0.193 e. The summed E-state index contributed by atoms with van der Waals surface area (Å²) in [4.78, 5) is 17.1. The Morgan fingerprint density at radius 2 is 2.47 bits per heavy atom. The molecule has 0 bridgehead atoms. The van der Waals surface area contributed by atoms with E-state index in [-0.39, 0.29) is 11.8 Å². The van der Waals surface area contributed by atoms with E-state index in [1.54, 1.807) is 11.3 Å². The van der Waals surface area contributed by atoms with Crippen LogP contribution in [0.1, 0.15) is 31.9 Å². The first-order valence-electron chi connectivity index (χ1n) is 5.87. The summed E-state index contributed by atoms with van der Waals surface area (Å²) in [5.74, 6) is 0.178. The standard InChI is InChI=1S/C12H17N3OS/c1-2-3-9(13)6-11(16)7-10-8-15-4-5-17-12(15)14-10/h4-5,8-9H,2-3,6-7,13H2,1H3. The normalized spacial score (nSPS) is 13.1. The first-order valence-corrected chi connectivity index (χ1v) is 6.75. The number of aromatic nitrogens is 2. The number of hydrogen-bond acceptors (Lipinski definition) is 4. The molecule has 2 aromatic heterocycles. The van der Waals surface area contributed by atoms with E-state index in [4.69, 9.17) is 5.73 Å². The predicted molar refractivity (Wildman–Crippen MR) is 69.3 cm³/mol. The number of rotatable bonds is 6. The Bertz CT molecular complexity index is 474. The largest absolute Gasteiger partial charge is 0.327 e. The van der Waals surface area contributed by atoms with Crippen LogP contribution in [0.2, 0.25) is 0 Å². The van der Waals surface area contributed by atoms with E-state index in [2.05, 4.69) is 11.9 Å². The fourth-order valence-corrected chi connectivity index (χ4v) is 2.62. The Kier molecular flexibility index (Phi) is 3.91. The molecule has 4 nitrogen and oxygen atoms in total. The van der Waals surface area contributed by atoms with E-state index in [0.29, 0.717) is 12.8 Å². The van der Waals surface area contributed by atoms with Crippen molar-refractivity contribution in [1.82, 2.24) is 9.38 Å². The molecular weight excluding hydrogens is 234 g/mol. The highest BCUT2D eigenvalue weighted by Crippen LogP contribution is 2.12. The number of Topliss-reactive ketones (excluding diaryl/α,β-unsaturated/α-hetero) is 1. The number of thiazole rings is 1. The van der Waals surface area contributed by atoms with Gasteiger partial charge in [-0.2, -0.15) is 0 Å². The summed E-state index contributed by atoms with van der Waals surface area (Å²) in [5, 5.41) is 1.98. The Morgan fingerprint density at radius 3 is 3.18 bits per heavy atom. The van der Waals surface area contributed by atoms with Crippen molar-refractivity contribution in [3.63, 3.8) is 0 Å². The Hall–Kier alpha value is -1.20. The third-order valence-electron chi connectivity index (χ3n) is 2.67. The average molecular weight is 251 g/mol. The van der Waals surface area contributed by atoms with Gasteiger partial charge in [0, 0.05) is 30.2 Å². The van der Waals surface area contributed by atoms with Crippen molar-refractivity contribution in [2.24, 2.45) is 5.73 Å². The number of nitrogens with two attached hydrogens (primary N) is 1. The first-order chi connectivity index (χ1) is 8.19. The summed E-state index contributed by atoms with van der Waals surface area (Å²) >= 11 is 1.57. The SMILES string of the molecule is CCCC(N)CC(=O)Cc1cn2ccsc2n1. The second-order valence-electron chi connectivity index (χ2n) is 4.29. The zero-order chi connectivity index (χ0) is 12.3. The van der Waals surface area contributed by atoms with E-state index in [0.717, 1.165) is 23.5 Å². The van der Waals surface area contributed by atoms with Crippen LogP contribution >= 0.6 is 11.3 Å². The van der Waals surface area contributed by atoms with Crippen molar-refractivity contribution in [3.05, 3.63) is 23.5 Å². The molecule has 17 heavy (non-hydrogen) atoms. The van der Waals surface area contributed by atoms with Crippen molar-refractivity contribution >= 4 is 22.1 Å². The van der Waals surface area contributed by atoms with Crippen LogP contribution in [0.15, 0.2) is 17.8 Å². The zero-order valence-corrected chi connectivity index (χ0v) is 10.7. The van der Waals surface area contributed by atoms with Crippen LogP contribution in [0.3, 0.4) is 0 Å². The van der Waals surface area contributed by atoms with Crippen LogP contribution < -0.4 is 5.73 Å².